The summed E-state index contributed by atoms with van der Waals surface area (Å²) in [5.74, 6) is 0. The van der Waals surface area contributed by atoms with E-state index in [0.717, 1.165) is 17.5 Å². The van der Waals surface area contributed by atoms with Gasteiger partial charge in [-0.05, 0) is 24.3 Å². The van der Waals surface area contributed by atoms with Crippen LogP contribution in [-0.2, 0) is 6.42 Å². The first kappa shape index (κ1) is 15.7. The van der Waals surface area contributed by atoms with Crippen molar-refractivity contribution in [1.29, 1.82) is 5.41 Å². The van der Waals surface area contributed by atoms with E-state index in [0.29, 0.717) is 12.1 Å². The van der Waals surface area contributed by atoms with Crippen molar-refractivity contribution < 1.29 is 8.78 Å². The monoisotopic (exact) mass is 278 g/mol. The molecule has 106 valence electrons. The van der Waals surface area contributed by atoms with Gasteiger partial charge >= 0.3 is 0 Å². The maximum Gasteiger partial charge on any atom is 0.263 e. The first-order chi connectivity index (χ1) is 9.58. The summed E-state index contributed by atoms with van der Waals surface area (Å²) in [7, 11) is 0. The molecule has 1 aromatic rings. The number of benzene rings is 1. The smallest absolute Gasteiger partial charge is 0.263 e. The molecule has 0 atom stereocenters. The molecule has 0 saturated heterocycles. The fraction of sp³-hybridized carbons (Fsp3) is 0.214. The quantitative estimate of drug-likeness (QED) is 0.609. The molecule has 3 N–H and O–H groups in total. The van der Waals surface area contributed by atoms with E-state index < -0.39 is 6.43 Å². The first-order valence-corrected chi connectivity index (χ1v) is 5.91. The summed E-state index contributed by atoms with van der Waals surface area (Å²) in [6, 6.07) is 6.09. The molecule has 0 spiro atoms. The predicted molar refractivity (Wildman–Crippen MR) is 77.8 cm³/mol. The molecule has 0 aromatic heterocycles. The molecule has 0 aliphatic carbocycles. The summed E-state index contributed by atoms with van der Waals surface area (Å²) in [5, 5.41) is 6.74. The van der Waals surface area contributed by atoms with Gasteiger partial charge in [-0.1, -0.05) is 24.3 Å². The van der Waals surface area contributed by atoms with E-state index in [1.165, 1.54) is 24.7 Å². The molecule has 0 heterocycles. The van der Waals surface area contributed by atoms with Gasteiger partial charge in [-0.25, -0.2) is 18.8 Å². The number of nitrogens with zero attached hydrogens (tertiary/aromatic N) is 2. The van der Waals surface area contributed by atoms with E-state index in [9.17, 15) is 8.78 Å². The van der Waals surface area contributed by atoms with Crippen LogP contribution in [-0.4, -0.2) is 18.4 Å². The van der Waals surface area contributed by atoms with Gasteiger partial charge in [-0.3, -0.25) is 5.41 Å². The third-order valence-electron chi connectivity index (χ3n) is 2.68. The fourth-order valence-corrected chi connectivity index (χ4v) is 1.54. The van der Waals surface area contributed by atoms with Crippen LogP contribution in [0.2, 0.25) is 0 Å². The average molecular weight is 278 g/mol. The number of nitrogens with two attached hydrogens (primary N) is 1. The Labute approximate surface area is 116 Å². The zero-order valence-electron chi connectivity index (χ0n) is 11.1. The molecule has 1 aromatic carbocycles. The number of nitrogens with one attached hydrogen (secondary N) is 1. The van der Waals surface area contributed by atoms with Crippen molar-refractivity contribution in [3.8, 4) is 0 Å². The summed E-state index contributed by atoms with van der Waals surface area (Å²) in [5.41, 5.74) is 7.85. The van der Waals surface area contributed by atoms with Crippen LogP contribution < -0.4 is 5.73 Å². The Balaban J connectivity index is 2.81. The van der Waals surface area contributed by atoms with E-state index >= 15 is 0 Å². The summed E-state index contributed by atoms with van der Waals surface area (Å²) < 4.78 is 24.9. The van der Waals surface area contributed by atoms with Crippen molar-refractivity contribution in [2.75, 3.05) is 0 Å². The predicted octanol–water partition coefficient (Wildman–Crippen LogP) is 3.11. The molecular formula is C14H16F2N4. The van der Waals surface area contributed by atoms with Crippen LogP contribution >= 0.6 is 0 Å². The van der Waals surface area contributed by atoms with Crippen LogP contribution in [0.1, 0.15) is 24.5 Å². The molecule has 0 aliphatic heterocycles. The molecule has 4 nitrogen and oxygen atoms in total. The van der Waals surface area contributed by atoms with Crippen molar-refractivity contribution in [2.24, 2.45) is 15.7 Å². The Morgan fingerprint density at radius 2 is 2.00 bits per heavy atom. The largest absolute Gasteiger partial charge is 0.404 e. The third-order valence-corrected chi connectivity index (χ3v) is 2.68. The molecule has 0 amide bonds. The van der Waals surface area contributed by atoms with Crippen molar-refractivity contribution in [3.63, 3.8) is 0 Å². The second-order valence-electron chi connectivity index (χ2n) is 4.02. The number of hydrogen-bond donors (Lipinski definition) is 2. The van der Waals surface area contributed by atoms with Gasteiger partial charge in [0.25, 0.3) is 6.43 Å². The third kappa shape index (κ3) is 4.72. The maximum absolute atomic E-state index is 12.4. The van der Waals surface area contributed by atoms with E-state index in [4.69, 9.17) is 11.1 Å². The Morgan fingerprint density at radius 1 is 1.35 bits per heavy atom. The van der Waals surface area contributed by atoms with Gasteiger partial charge in [0, 0.05) is 17.7 Å². The number of hydrogen-bond acceptors (Lipinski definition) is 2. The number of rotatable bonds is 6. The molecule has 0 radical (unpaired) electrons. The normalized spacial score (nSPS) is 13.2. The maximum atomic E-state index is 12.4. The standard InChI is InChI=1S/C14H16F2N4/c1-10(20-9-19-8-18)13(7-17)6-11-2-4-12(5-3-11)14(15)16/h2-5,7-9,14,18H,6,17H2,1H3/b13-7+,18-8?,19-9?,20-10?. The highest BCUT2D eigenvalue weighted by molar-refractivity contribution is 6.02. The van der Waals surface area contributed by atoms with Crippen LogP contribution in [0.5, 0.6) is 0 Å². The summed E-state index contributed by atoms with van der Waals surface area (Å²) in [6.07, 6.45) is 1.60. The van der Waals surface area contributed by atoms with Gasteiger partial charge in [0.2, 0.25) is 0 Å². The zero-order valence-corrected chi connectivity index (χ0v) is 11.1. The lowest BCUT2D eigenvalue weighted by Gasteiger charge is -2.07. The summed E-state index contributed by atoms with van der Waals surface area (Å²) in [6.45, 7) is 1.77. The summed E-state index contributed by atoms with van der Waals surface area (Å²) in [4.78, 5) is 7.58. The highest BCUT2D eigenvalue weighted by atomic mass is 19.3. The first-order valence-electron chi connectivity index (χ1n) is 5.91. The average Bonchev–Trinajstić information content (AvgIpc) is 2.45. The molecule has 1 rings (SSSR count). The van der Waals surface area contributed by atoms with Gasteiger partial charge in [0.15, 0.2) is 0 Å². The lowest BCUT2D eigenvalue weighted by Crippen LogP contribution is -2.05. The summed E-state index contributed by atoms with van der Waals surface area (Å²) >= 11 is 0. The van der Waals surface area contributed by atoms with E-state index in [2.05, 4.69) is 9.98 Å². The minimum absolute atomic E-state index is 0.00414. The molecule has 0 bridgehead atoms. The zero-order chi connectivity index (χ0) is 15.0. The van der Waals surface area contributed by atoms with Crippen LogP contribution in [0.15, 0.2) is 46.0 Å². The Bertz CT molecular complexity index is 531. The van der Waals surface area contributed by atoms with E-state index in [1.54, 1.807) is 19.1 Å². The molecule has 0 fully saturated rings. The topological polar surface area (TPSA) is 74.6 Å². The van der Waals surface area contributed by atoms with Crippen LogP contribution in [0.3, 0.4) is 0 Å². The molecule has 0 saturated carbocycles. The van der Waals surface area contributed by atoms with Crippen LogP contribution in [0, 0.1) is 5.41 Å². The number of halogens is 2. The van der Waals surface area contributed by atoms with Gasteiger partial charge in [-0.15, -0.1) is 0 Å². The van der Waals surface area contributed by atoms with E-state index in [-0.39, 0.29) is 5.56 Å². The molecule has 0 unspecified atom stereocenters. The second-order valence-corrected chi connectivity index (χ2v) is 4.02. The Hall–Kier alpha value is -2.37. The van der Waals surface area contributed by atoms with Gasteiger partial charge in [-0.2, -0.15) is 0 Å². The fourth-order valence-electron chi connectivity index (χ4n) is 1.54. The van der Waals surface area contributed by atoms with Crippen molar-refractivity contribution in [3.05, 3.63) is 47.2 Å². The molecular weight excluding hydrogens is 262 g/mol. The minimum Gasteiger partial charge on any atom is -0.404 e. The van der Waals surface area contributed by atoms with Crippen LogP contribution in [0.4, 0.5) is 8.78 Å². The molecule has 20 heavy (non-hydrogen) atoms. The second kappa shape index (κ2) is 7.93. The minimum atomic E-state index is -2.46. The van der Waals surface area contributed by atoms with Crippen LogP contribution in [0.25, 0.3) is 0 Å². The van der Waals surface area contributed by atoms with Gasteiger partial charge < -0.3 is 5.73 Å². The van der Waals surface area contributed by atoms with Crippen molar-refractivity contribution >= 4 is 18.4 Å². The highest BCUT2D eigenvalue weighted by Gasteiger charge is 2.07. The lowest BCUT2D eigenvalue weighted by molar-refractivity contribution is 0.151. The number of alkyl halides is 2. The van der Waals surface area contributed by atoms with E-state index in [1.807, 2.05) is 0 Å². The van der Waals surface area contributed by atoms with Gasteiger partial charge in [0.05, 0.1) is 0 Å². The Morgan fingerprint density at radius 3 is 2.50 bits per heavy atom. The Kier molecular flexibility index (Phi) is 6.22. The SMILES string of the molecule is CC(=NC=NC=N)/C(=C/N)Cc1ccc(C(F)F)cc1. The molecule has 6 heteroatoms. The van der Waals surface area contributed by atoms with Gasteiger partial charge in [0.1, 0.15) is 12.7 Å². The van der Waals surface area contributed by atoms with Crippen molar-refractivity contribution in [1.82, 2.24) is 0 Å². The highest BCUT2D eigenvalue weighted by Crippen LogP contribution is 2.19. The number of aliphatic imine (C=N–C) groups is 2. The molecule has 0 aliphatic rings. The number of allylic oxidation sites excluding steroid dienone is 1. The lowest BCUT2D eigenvalue weighted by atomic mass is 10.0. The van der Waals surface area contributed by atoms with Crippen molar-refractivity contribution in [2.45, 2.75) is 19.8 Å².